The van der Waals surface area contributed by atoms with Crippen molar-refractivity contribution in [3.63, 3.8) is 0 Å². The minimum atomic E-state index is -3.02. The predicted octanol–water partition coefficient (Wildman–Crippen LogP) is 8.71. The summed E-state index contributed by atoms with van der Waals surface area (Å²) in [5, 5.41) is 1.00. The Morgan fingerprint density at radius 1 is 0.774 bits per heavy atom. The minimum Gasteiger partial charge on any atom is -0.434 e. The molecule has 0 heterocycles. The van der Waals surface area contributed by atoms with Gasteiger partial charge in [-0.3, -0.25) is 0 Å². The quantitative estimate of drug-likeness (QED) is 0.277. The Kier molecular flexibility index (Phi) is 8.39. The van der Waals surface area contributed by atoms with E-state index >= 15 is 4.39 Å². The standard InChI is InChI=1S/C27H31F3O/c1-3-5-7-9-19-11-14-21(15-12-19)25-24(31-27(29)30)18-22-17-20(10-8-6-4-2)13-16-23(22)26(25)28/h11-18,27H,3-10H2,1-2H3. The van der Waals surface area contributed by atoms with Gasteiger partial charge in [-0.25, -0.2) is 4.39 Å². The zero-order valence-corrected chi connectivity index (χ0v) is 18.4. The van der Waals surface area contributed by atoms with Crippen molar-refractivity contribution in [2.24, 2.45) is 0 Å². The number of fused-ring (bicyclic) bond motifs is 1. The third-order valence-electron chi connectivity index (χ3n) is 5.70. The summed E-state index contributed by atoms with van der Waals surface area (Å²) in [6.45, 7) is 1.28. The lowest BCUT2D eigenvalue weighted by atomic mass is 9.95. The number of unbranched alkanes of at least 4 members (excludes halogenated alkanes) is 4. The number of halogens is 3. The van der Waals surface area contributed by atoms with Crippen LogP contribution in [0.3, 0.4) is 0 Å². The molecule has 4 heteroatoms. The third-order valence-corrected chi connectivity index (χ3v) is 5.70. The van der Waals surface area contributed by atoms with Gasteiger partial charge < -0.3 is 4.74 Å². The first-order valence-corrected chi connectivity index (χ1v) is 11.3. The number of hydrogen-bond acceptors (Lipinski definition) is 1. The minimum absolute atomic E-state index is 0.0895. The van der Waals surface area contributed by atoms with Gasteiger partial charge in [-0.05, 0) is 53.8 Å². The maximum absolute atomic E-state index is 15.5. The molecule has 0 aliphatic carbocycles. The summed E-state index contributed by atoms with van der Waals surface area (Å²) in [6.07, 6.45) is 8.54. The van der Waals surface area contributed by atoms with Crippen molar-refractivity contribution in [3.05, 3.63) is 65.5 Å². The molecule has 0 radical (unpaired) electrons. The maximum atomic E-state index is 15.5. The van der Waals surface area contributed by atoms with Gasteiger partial charge in [-0.2, -0.15) is 8.78 Å². The van der Waals surface area contributed by atoms with E-state index < -0.39 is 12.4 Å². The second-order valence-corrected chi connectivity index (χ2v) is 8.11. The van der Waals surface area contributed by atoms with Crippen molar-refractivity contribution >= 4 is 10.8 Å². The van der Waals surface area contributed by atoms with Gasteiger partial charge in [0.05, 0.1) is 5.56 Å². The average molecular weight is 429 g/mol. The fourth-order valence-electron chi connectivity index (χ4n) is 4.00. The average Bonchev–Trinajstić information content (AvgIpc) is 2.74. The van der Waals surface area contributed by atoms with Gasteiger partial charge in [0.15, 0.2) is 0 Å². The summed E-state index contributed by atoms with van der Waals surface area (Å²) in [5.41, 5.74) is 2.87. The first-order valence-electron chi connectivity index (χ1n) is 11.3. The zero-order valence-electron chi connectivity index (χ0n) is 18.4. The van der Waals surface area contributed by atoms with Crippen molar-refractivity contribution in [1.82, 2.24) is 0 Å². The summed E-state index contributed by atoms with van der Waals surface area (Å²) in [5.74, 6) is -0.642. The highest BCUT2D eigenvalue weighted by molar-refractivity contribution is 5.92. The van der Waals surface area contributed by atoms with Crippen LogP contribution in [-0.2, 0) is 12.8 Å². The van der Waals surface area contributed by atoms with Gasteiger partial charge in [0.2, 0.25) is 0 Å². The number of rotatable bonds is 11. The highest BCUT2D eigenvalue weighted by Crippen LogP contribution is 2.39. The highest BCUT2D eigenvalue weighted by atomic mass is 19.3. The molecule has 0 spiro atoms. The molecule has 0 amide bonds. The molecule has 0 saturated carbocycles. The predicted molar refractivity (Wildman–Crippen MR) is 122 cm³/mol. The Bertz CT molecular complexity index is 980. The van der Waals surface area contributed by atoms with Gasteiger partial charge in [0.1, 0.15) is 11.6 Å². The Hall–Kier alpha value is -2.49. The molecule has 0 bridgehead atoms. The number of benzene rings is 3. The first kappa shape index (κ1) is 23.2. The largest absolute Gasteiger partial charge is 0.434 e. The van der Waals surface area contributed by atoms with Crippen molar-refractivity contribution < 1.29 is 17.9 Å². The molecule has 0 saturated heterocycles. The van der Waals surface area contributed by atoms with Crippen LogP contribution in [0.2, 0.25) is 0 Å². The van der Waals surface area contributed by atoms with E-state index in [1.54, 1.807) is 24.3 Å². The van der Waals surface area contributed by atoms with Crippen molar-refractivity contribution in [1.29, 1.82) is 0 Å². The normalized spacial score (nSPS) is 11.4. The number of hydrogen-bond donors (Lipinski definition) is 0. The molecule has 0 unspecified atom stereocenters. The number of ether oxygens (including phenoxy) is 1. The molecule has 31 heavy (non-hydrogen) atoms. The third kappa shape index (κ3) is 6.03. The van der Waals surface area contributed by atoms with Crippen LogP contribution in [0.1, 0.15) is 63.5 Å². The van der Waals surface area contributed by atoms with E-state index in [0.717, 1.165) is 62.5 Å². The van der Waals surface area contributed by atoms with Gasteiger partial charge >= 0.3 is 6.61 Å². The molecule has 1 nitrogen and oxygen atoms in total. The molecular weight excluding hydrogens is 397 g/mol. The fourth-order valence-corrected chi connectivity index (χ4v) is 4.00. The Labute approximate surface area is 183 Å². The topological polar surface area (TPSA) is 9.23 Å². The van der Waals surface area contributed by atoms with Crippen LogP contribution in [0.5, 0.6) is 5.75 Å². The summed E-state index contributed by atoms with van der Waals surface area (Å²) in [4.78, 5) is 0. The molecule has 3 rings (SSSR count). The van der Waals surface area contributed by atoms with E-state index in [4.69, 9.17) is 4.74 Å². The van der Waals surface area contributed by atoms with E-state index in [1.165, 1.54) is 0 Å². The van der Waals surface area contributed by atoms with Crippen molar-refractivity contribution in [2.45, 2.75) is 71.8 Å². The zero-order chi connectivity index (χ0) is 22.2. The molecule has 0 N–H and O–H groups in total. The van der Waals surface area contributed by atoms with E-state index in [-0.39, 0.29) is 11.3 Å². The van der Waals surface area contributed by atoms with Crippen LogP contribution in [0.25, 0.3) is 21.9 Å². The highest BCUT2D eigenvalue weighted by Gasteiger charge is 2.19. The van der Waals surface area contributed by atoms with E-state index in [0.29, 0.717) is 16.3 Å². The molecule has 0 fully saturated rings. The van der Waals surface area contributed by atoms with Crippen LogP contribution >= 0.6 is 0 Å². The first-order chi connectivity index (χ1) is 15.0. The van der Waals surface area contributed by atoms with Crippen LogP contribution < -0.4 is 4.74 Å². The summed E-state index contributed by atoms with van der Waals surface area (Å²) in [6, 6.07) is 14.6. The lowest BCUT2D eigenvalue weighted by molar-refractivity contribution is -0.0494. The second kappa shape index (κ2) is 11.2. The van der Waals surface area contributed by atoms with Crippen LogP contribution in [-0.4, -0.2) is 6.61 Å². The van der Waals surface area contributed by atoms with Gasteiger partial charge in [0, 0.05) is 5.39 Å². The lowest BCUT2D eigenvalue weighted by Gasteiger charge is -2.15. The molecule has 0 atom stereocenters. The molecule has 0 aliphatic rings. The van der Waals surface area contributed by atoms with E-state index in [1.807, 2.05) is 24.3 Å². The second-order valence-electron chi connectivity index (χ2n) is 8.11. The maximum Gasteiger partial charge on any atom is 0.387 e. The number of aryl methyl sites for hydroxylation is 2. The van der Waals surface area contributed by atoms with E-state index in [9.17, 15) is 8.78 Å². The molecule has 0 aliphatic heterocycles. The summed E-state index contributed by atoms with van der Waals surface area (Å²) >= 11 is 0. The summed E-state index contributed by atoms with van der Waals surface area (Å²) in [7, 11) is 0. The monoisotopic (exact) mass is 428 g/mol. The Morgan fingerprint density at radius 3 is 2.00 bits per heavy atom. The van der Waals surface area contributed by atoms with Gasteiger partial charge in [-0.1, -0.05) is 82.0 Å². The van der Waals surface area contributed by atoms with Crippen molar-refractivity contribution in [2.75, 3.05) is 0 Å². The van der Waals surface area contributed by atoms with Crippen LogP contribution in [0.15, 0.2) is 48.5 Å². The SMILES string of the molecule is CCCCCc1ccc(-c2c(OC(F)F)cc3cc(CCCCC)ccc3c2F)cc1. The van der Waals surface area contributed by atoms with Crippen molar-refractivity contribution in [3.8, 4) is 16.9 Å². The number of alkyl halides is 2. The molecule has 3 aromatic carbocycles. The summed E-state index contributed by atoms with van der Waals surface area (Å²) < 4.78 is 46.5. The van der Waals surface area contributed by atoms with Gasteiger partial charge in [0.25, 0.3) is 0 Å². The Balaban J connectivity index is 1.98. The fraction of sp³-hybridized carbons (Fsp3) is 0.407. The van der Waals surface area contributed by atoms with Gasteiger partial charge in [-0.15, -0.1) is 0 Å². The molecule has 3 aromatic rings. The van der Waals surface area contributed by atoms with Crippen LogP contribution in [0.4, 0.5) is 13.2 Å². The smallest absolute Gasteiger partial charge is 0.387 e. The molecular formula is C27H31F3O. The molecule has 0 aromatic heterocycles. The van der Waals surface area contributed by atoms with E-state index in [2.05, 4.69) is 13.8 Å². The lowest BCUT2D eigenvalue weighted by Crippen LogP contribution is -2.05. The molecule has 166 valence electrons. The van der Waals surface area contributed by atoms with Crippen LogP contribution in [0, 0.1) is 5.82 Å². The Morgan fingerprint density at radius 2 is 1.39 bits per heavy atom.